The molecule has 1 aromatic heterocycles. The monoisotopic (exact) mass is 364 g/mol. The van der Waals surface area contributed by atoms with Crippen LogP contribution in [0.1, 0.15) is 30.5 Å². The minimum Gasteiger partial charge on any atom is -0.470 e. The summed E-state index contributed by atoms with van der Waals surface area (Å²) in [4.78, 5) is 2.44. The maximum atomic E-state index is 6.06. The van der Waals surface area contributed by atoms with Crippen LogP contribution in [0.2, 0.25) is 0 Å². The van der Waals surface area contributed by atoms with Gasteiger partial charge in [-0.15, -0.1) is 5.10 Å². The van der Waals surface area contributed by atoms with Crippen molar-refractivity contribution in [2.24, 2.45) is 0 Å². The number of hydrogen-bond donors (Lipinski definition) is 2. The lowest BCUT2D eigenvalue weighted by atomic mass is 10.0. The van der Waals surface area contributed by atoms with Crippen LogP contribution in [0.25, 0.3) is 10.9 Å². The topological polar surface area (TPSA) is 62.4 Å². The number of nitrogens with one attached hydrogen (secondary N) is 2. The number of H-pyrrole nitrogens is 1. The van der Waals surface area contributed by atoms with Gasteiger partial charge in [-0.25, -0.2) is 0 Å². The van der Waals surface area contributed by atoms with Crippen LogP contribution in [0.5, 0.6) is 5.88 Å². The molecular formula is C21H24N4O2. The van der Waals surface area contributed by atoms with Crippen molar-refractivity contribution in [3.8, 4) is 5.88 Å². The molecule has 3 aromatic rings. The fraction of sp³-hybridized carbons (Fsp3) is 0.381. The number of fused-ring (bicyclic) bond motifs is 2. The summed E-state index contributed by atoms with van der Waals surface area (Å²) >= 11 is 0. The fourth-order valence-electron chi connectivity index (χ4n) is 3.91. The summed E-state index contributed by atoms with van der Waals surface area (Å²) in [6.07, 6.45) is 1.02. The molecular weight excluding hydrogens is 340 g/mol. The van der Waals surface area contributed by atoms with E-state index in [9.17, 15) is 0 Å². The third-order valence-corrected chi connectivity index (χ3v) is 5.59. The first-order valence-electron chi connectivity index (χ1n) is 9.56. The van der Waals surface area contributed by atoms with Crippen molar-refractivity contribution in [2.75, 3.05) is 25.2 Å². The van der Waals surface area contributed by atoms with E-state index in [1.165, 1.54) is 16.8 Å². The van der Waals surface area contributed by atoms with E-state index < -0.39 is 0 Å². The lowest BCUT2D eigenvalue weighted by molar-refractivity contribution is 0.139. The SMILES string of the molecule is C[C@H](c1ccccc1)N1CNc2cc3[nH]nc(OC4CCOC4)c3cc2C1. The summed E-state index contributed by atoms with van der Waals surface area (Å²) in [7, 11) is 0. The van der Waals surface area contributed by atoms with Crippen molar-refractivity contribution in [2.45, 2.75) is 32.0 Å². The number of rotatable bonds is 4. The Bertz CT molecular complexity index is 934. The molecule has 1 unspecified atom stereocenters. The highest BCUT2D eigenvalue weighted by Crippen LogP contribution is 2.34. The molecule has 0 spiro atoms. The first kappa shape index (κ1) is 16.6. The van der Waals surface area contributed by atoms with Gasteiger partial charge in [0.2, 0.25) is 5.88 Å². The number of aromatic amines is 1. The van der Waals surface area contributed by atoms with Crippen LogP contribution >= 0.6 is 0 Å². The van der Waals surface area contributed by atoms with E-state index in [-0.39, 0.29) is 6.10 Å². The van der Waals surface area contributed by atoms with E-state index in [0.29, 0.717) is 18.5 Å². The summed E-state index contributed by atoms with van der Waals surface area (Å²) in [6.45, 7) is 5.38. The van der Waals surface area contributed by atoms with E-state index in [2.05, 4.69) is 69.8 Å². The predicted octanol–water partition coefficient (Wildman–Crippen LogP) is 3.68. The quantitative estimate of drug-likeness (QED) is 0.739. The molecule has 27 heavy (non-hydrogen) atoms. The molecule has 2 atom stereocenters. The van der Waals surface area contributed by atoms with E-state index in [4.69, 9.17) is 9.47 Å². The zero-order valence-corrected chi connectivity index (χ0v) is 15.4. The number of aromatic nitrogens is 2. The molecule has 6 nitrogen and oxygen atoms in total. The second kappa shape index (κ2) is 6.87. The van der Waals surface area contributed by atoms with Crippen molar-refractivity contribution in [3.63, 3.8) is 0 Å². The summed E-state index contributed by atoms with van der Waals surface area (Å²) < 4.78 is 11.5. The van der Waals surface area contributed by atoms with Crippen LogP contribution in [0.3, 0.4) is 0 Å². The summed E-state index contributed by atoms with van der Waals surface area (Å²) in [5.41, 5.74) is 4.76. The van der Waals surface area contributed by atoms with E-state index >= 15 is 0 Å². The van der Waals surface area contributed by atoms with Crippen LogP contribution in [0.4, 0.5) is 5.69 Å². The number of hydrogen-bond acceptors (Lipinski definition) is 5. The zero-order chi connectivity index (χ0) is 18.2. The van der Waals surface area contributed by atoms with Gasteiger partial charge in [0.05, 0.1) is 30.8 Å². The van der Waals surface area contributed by atoms with Gasteiger partial charge in [0.1, 0.15) is 6.10 Å². The third-order valence-electron chi connectivity index (χ3n) is 5.59. The minimum atomic E-state index is 0.0975. The molecule has 2 N–H and O–H groups in total. The van der Waals surface area contributed by atoms with Gasteiger partial charge in [-0.3, -0.25) is 10.00 Å². The molecule has 3 heterocycles. The lowest BCUT2D eigenvalue weighted by Crippen LogP contribution is -2.35. The largest absolute Gasteiger partial charge is 0.470 e. The number of benzene rings is 2. The average Bonchev–Trinajstić information content (AvgIpc) is 3.36. The first-order chi connectivity index (χ1) is 13.3. The smallest absolute Gasteiger partial charge is 0.240 e. The Hall–Kier alpha value is -2.57. The molecule has 0 radical (unpaired) electrons. The molecule has 1 saturated heterocycles. The Morgan fingerprint density at radius 3 is 2.96 bits per heavy atom. The fourth-order valence-corrected chi connectivity index (χ4v) is 3.91. The van der Waals surface area contributed by atoms with Crippen molar-refractivity contribution in [3.05, 3.63) is 53.6 Å². The third kappa shape index (κ3) is 3.15. The van der Waals surface area contributed by atoms with Gasteiger partial charge >= 0.3 is 0 Å². The zero-order valence-electron chi connectivity index (χ0n) is 15.4. The molecule has 0 aliphatic carbocycles. The van der Waals surface area contributed by atoms with Crippen LogP contribution in [0.15, 0.2) is 42.5 Å². The maximum Gasteiger partial charge on any atom is 0.240 e. The van der Waals surface area contributed by atoms with Gasteiger partial charge in [0.15, 0.2) is 0 Å². The standard InChI is InChI=1S/C21H24N4O2/c1-14(15-5-3-2-4-6-15)25-11-16-9-18-20(10-19(16)22-13-25)23-24-21(18)27-17-7-8-26-12-17/h2-6,9-10,14,17,22H,7-8,11-13H2,1H3,(H,23,24)/t14-,17?/m1/s1. The molecule has 6 heteroatoms. The van der Waals surface area contributed by atoms with Crippen molar-refractivity contribution in [1.82, 2.24) is 15.1 Å². The van der Waals surface area contributed by atoms with Crippen molar-refractivity contribution in [1.29, 1.82) is 0 Å². The van der Waals surface area contributed by atoms with E-state index in [0.717, 1.165) is 37.1 Å². The highest BCUT2D eigenvalue weighted by atomic mass is 16.5. The van der Waals surface area contributed by atoms with Crippen molar-refractivity contribution >= 4 is 16.6 Å². The summed E-state index contributed by atoms with van der Waals surface area (Å²) in [5, 5.41) is 12.1. The second-order valence-electron chi connectivity index (χ2n) is 7.36. The molecule has 0 bridgehead atoms. The normalized spacial score (nSPS) is 21.0. The van der Waals surface area contributed by atoms with Crippen LogP contribution in [-0.4, -0.2) is 41.1 Å². The minimum absolute atomic E-state index is 0.0975. The number of anilines is 1. The summed E-state index contributed by atoms with van der Waals surface area (Å²) in [6, 6.07) is 15.3. The predicted molar refractivity (Wildman–Crippen MR) is 105 cm³/mol. The Balaban J connectivity index is 1.41. The highest BCUT2D eigenvalue weighted by molar-refractivity contribution is 5.88. The van der Waals surface area contributed by atoms with Gasteiger partial charge in [0.25, 0.3) is 0 Å². The molecule has 0 saturated carbocycles. The molecule has 5 rings (SSSR count). The molecule has 2 aliphatic heterocycles. The lowest BCUT2D eigenvalue weighted by Gasteiger charge is -2.34. The maximum absolute atomic E-state index is 6.06. The van der Waals surface area contributed by atoms with Crippen LogP contribution in [-0.2, 0) is 11.3 Å². The van der Waals surface area contributed by atoms with Crippen LogP contribution < -0.4 is 10.1 Å². The van der Waals surface area contributed by atoms with Gasteiger partial charge in [-0.1, -0.05) is 30.3 Å². The number of ether oxygens (including phenoxy) is 2. The Morgan fingerprint density at radius 2 is 2.15 bits per heavy atom. The Morgan fingerprint density at radius 1 is 1.26 bits per heavy atom. The molecule has 0 amide bonds. The van der Waals surface area contributed by atoms with Gasteiger partial charge < -0.3 is 14.8 Å². The Labute approximate surface area is 158 Å². The van der Waals surface area contributed by atoms with E-state index in [1.807, 2.05) is 0 Å². The highest BCUT2D eigenvalue weighted by Gasteiger charge is 2.24. The number of nitrogens with zero attached hydrogens (tertiary/aromatic N) is 2. The van der Waals surface area contributed by atoms with Gasteiger partial charge in [-0.05, 0) is 30.2 Å². The van der Waals surface area contributed by atoms with E-state index in [1.54, 1.807) is 0 Å². The molecule has 1 fully saturated rings. The van der Waals surface area contributed by atoms with Crippen LogP contribution in [0, 0.1) is 0 Å². The van der Waals surface area contributed by atoms with Gasteiger partial charge in [-0.2, -0.15) is 0 Å². The molecule has 2 aliphatic rings. The summed E-state index contributed by atoms with van der Waals surface area (Å²) in [5.74, 6) is 0.677. The molecule has 2 aromatic carbocycles. The van der Waals surface area contributed by atoms with Crippen molar-refractivity contribution < 1.29 is 9.47 Å². The second-order valence-corrected chi connectivity index (χ2v) is 7.36. The average molecular weight is 364 g/mol. The Kier molecular flexibility index (Phi) is 4.22. The molecule has 140 valence electrons. The first-order valence-corrected chi connectivity index (χ1v) is 9.56. The van der Waals surface area contributed by atoms with Gasteiger partial charge in [0, 0.05) is 24.7 Å².